The smallest absolute Gasteiger partial charge is 0.248 e. The highest BCUT2D eigenvalue weighted by Gasteiger charge is 2.18. The van der Waals surface area contributed by atoms with Crippen LogP contribution < -0.4 is 5.32 Å². The van der Waals surface area contributed by atoms with Gasteiger partial charge < -0.3 is 14.6 Å². The van der Waals surface area contributed by atoms with E-state index >= 15 is 0 Å². The molecule has 0 fully saturated rings. The number of benzene rings is 1. The quantitative estimate of drug-likeness (QED) is 0.539. The van der Waals surface area contributed by atoms with Crippen LogP contribution in [0.1, 0.15) is 39.5 Å². The zero-order chi connectivity index (χ0) is 17.5. The van der Waals surface area contributed by atoms with Crippen molar-refractivity contribution in [2.45, 2.75) is 46.2 Å². The Morgan fingerprint density at radius 3 is 2.75 bits per heavy atom. The van der Waals surface area contributed by atoms with Crippen LogP contribution in [0.15, 0.2) is 33.2 Å². The van der Waals surface area contributed by atoms with Crippen molar-refractivity contribution in [1.82, 2.24) is 20.4 Å². The third-order valence-electron chi connectivity index (χ3n) is 3.57. The first-order chi connectivity index (χ1) is 11.5. The van der Waals surface area contributed by atoms with Gasteiger partial charge in [0.05, 0.1) is 12.1 Å². The van der Waals surface area contributed by atoms with E-state index in [4.69, 9.17) is 16.6 Å². The number of nitrogens with zero attached hydrogens (tertiary/aromatic N) is 3. The second-order valence-corrected chi connectivity index (χ2v) is 7.03. The highest BCUT2D eigenvalue weighted by atomic mass is 79.9. The van der Waals surface area contributed by atoms with Crippen LogP contribution in [-0.2, 0) is 6.54 Å². The molecule has 1 heterocycles. The van der Waals surface area contributed by atoms with Crippen LogP contribution in [0.3, 0.4) is 0 Å². The Morgan fingerprint density at radius 1 is 1.33 bits per heavy atom. The number of thiocarbonyl (C=S) groups is 1. The molecule has 0 aliphatic rings. The van der Waals surface area contributed by atoms with Crippen molar-refractivity contribution in [3.63, 3.8) is 0 Å². The van der Waals surface area contributed by atoms with E-state index in [9.17, 15) is 0 Å². The Bertz CT molecular complexity index is 674. The third kappa shape index (κ3) is 5.01. The normalized spacial score (nSPS) is 10.9. The minimum atomic E-state index is 0.241. The Balaban J connectivity index is 2.08. The zero-order valence-electron chi connectivity index (χ0n) is 14.3. The van der Waals surface area contributed by atoms with Crippen LogP contribution in [0.4, 0.5) is 0 Å². The predicted octanol–water partition coefficient (Wildman–Crippen LogP) is 4.38. The predicted molar refractivity (Wildman–Crippen MR) is 104 cm³/mol. The van der Waals surface area contributed by atoms with Crippen LogP contribution in [0.25, 0.3) is 11.5 Å². The molecule has 0 amide bonds. The number of hydrogen-bond donors (Lipinski definition) is 1. The fraction of sp³-hybridized carbons (Fsp3) is 0.471. The Labute approximate surface area is 157 Å². The van der Waals surface area contributed by atoms with Gasteiger partial charge in [-0.3, -0.25) is 0 Å². The molecule has 0 spiro atoms. The molecule has 0 aliphatic heterocycles. The summed E-state index contributed by atoms with van der Waals surface area (Å²) < 4.78 is 6.75. The molecule has 0 bridgehead atoms. The molecule has 1 aromatic heterocycles. The lowest BCUT2D eigenvalue weighted by Crippen LogP contribution is -2.43. The van der Waals surface area contributed by atoms with Crippen LogP contribution in [0.2, 0.25) is 0 Å². The summed E-state index contributed by atoms with van der Waals surface area (Å²) in [5, 5.41) is 12.3. The van der Waals surface area contributed by atoms with Gasteiger partial charge in [0.2, 0.25) is 11.8 Å². The summed E-state index contributed by atoms with van der Waals surface area (Å²) in [6.45, 7) is 7.72. The van der Waals surface area contributed by atoms with E-state index in [-0.39, 0.29) is 6.04 Å². The fourth-order valence-electron chi connectivity index (χ4n) is 2.17. The first-order valence-electron chi connectivity index (χ1n) is 8.14. The molecule has 24 heavy (non-hydrogen) atoms. The van der Waals surface area contributed by atoms with Gasteiger partial charge in [-0.2, -0.15) is 0 Å². The summed E-state index contributed by atoms with van der Waals surface area (Å²) in [4.78, 5) is 2.06. The molecule has 0 saturated heterocycles. The molecular weight excluding hydrogens is 388 g/mol. The summed E-state index contributed by atoms with van der Waals surface area (Å²) in [5.41, 5.74) is 0.885. The third-order valence-corrected chi connectivity index (χ3v) is 4.64. The van der Waals surface area contributed by atoms with Gasteiger partial charge in [0, 0.05) is 17.1 Å². The second-order valence-electron chi connectivity index (χ2n) is 5.79. The highest BCUT2D eigenvalue weighted by molar-refractivity contribution is 9.10. The maximum atomic E-state index is 5.83. The lowest BCUT2D eigenvalue weighted by Gasteiger charge is -2.28. The first kappa shape index (κ1) is 18.9. The van der Waals surface area contributed by atoms with Crippen molar-refractivity contribution < 1.29 is 4.42 Å². The van der Waals surface area contributed by atoms with E-state index in [1.54, 1.807) is 0 Å². The van der Waals surface area contributed by atoms with Gasteiger partial charge in [0.15, 0.2) is 5.11 Å². The molecule has 1 N–H and O–H groups in total. The lowest BCUT2D eigenvalue weighted by atomic mass is 10.2. The average molecular weight is 411 g/mol. The lowest BCUT2D eigenvalue weighted by molar-refractivity contribution is 0.301. The van der Waals surface area contributed by atoms with Crippen molar-refractivity contribution in [3.05, 3.63) is 34.6 Å². The maximum Gasteiger partial charge on any atom is 0.248 e. The van der Waals surface area contributed by atoms with E-state index in [2.05, 4.69) is 57.1 Å². The Hall–Kier alpha value is -1.47. The van der Waals surface area contributed by atoms with Crippen molar-refractivity contribution in [2.75, 3.05) is 6.54 Å². The number of unbranched alkanes of at least 4 members (excludes halogenated alkanes) is 1. The molecule has 0 aliphatic carbocycles. The van der Waals surface area contributed by atoms with Crippen molar-refractivity contribution in [3.8, 4) is 11.5 Å². The summed E-state index contributed by atoms with van der Waals surface area (Å²) in [6, 6.07) is 8.03. The molecule has 5 nitrogen and oxygen atoms in total. The van der Waals surface area contributed by atoms with Crippen molar-refractivity contribution in [1.29, 1.82) is 0 Å². The minimum absolute atomic E-state index is 0.241. The molecule has 0 saturated carbocycles. The summed E-state index contributed by atoms with van der Waals surface area (Å²) in [6.07, 6.45) is 2.23. The molecule has 0 unspecified atom stereocenters. The molecule has 2 aromatic rings. The highest BCUT2D eigenvalue weighted by Crippen LogP contribution is 2.26. The molecular formula is C17H23BrN4OS. The number of aromatic nitrogens is 2. The van der Waals surface area contributed by atoms with Gasteiger partial charge >= 0.3 is 0 Å². The van der Waals surface area contributed by atoms with Gasteiger partial charge in [-0.15, -0.1) is 10.2 Å². The maximum absolute atomic E-state index is 5.83. The summed E-state index contributed by atoms with van der Waals surface area (Å²) in [7, 11) is 0. The number of hydrogen-bond acceptors (Lipinski definition) is 4. The Morgan fingerprint density at radius 2 is 2.08 bits per heavy atom. The van der Waals surface area contributed by atoms with Crippen LogP contribution in [0.5, 0.6) is 0 Å². The molecule has 7 heteroatoms. The van der Waals surface area contributed by atoms with Crippen molar-refractivity contribution in [2.24, 2.45) is 0 Å². The van der Waals surface area contributed by atoms with E-state index in [1.165, 1.54) is 0 Å². The van der Waals surface area contributed by atoms with Crippen LogP contribution >= 0.6 is 28.1 Å². The van der Waals surface area contributed by atoms with Gasteiger partial charge in [0.1, 0.15) is 0 Å². The van der Waals surface area contributed by atoms with Crippen LogP contribution in [-0.4, -0.2) is 32.8 Å². The van der Waals surface area contributed by atoms with E-state index in [0.717, 1.165) is 34.5 Å². The number of rotatable bonds is 7. The standard InChI is InChI=1S/C17H23BrN4OS/c1-4-5-10-19-17(24)22(12(2)3)11-15-20-21-16(23-15)13-8-6-7-9-14(13)18/h6-9,12H,4-5,10-11H2,1-3H3,(H,19,24). The van der Waals surface area contributed by atoms with E-state index < -0.39 is 0 Å². The fourth-order valence-corrected chi connectivity index (χ4v) is 3.00. The van der Waals surface area contributed by atoms with Gasteiger partial charge in [-0.05, 0) is 60.5 Å². The number of nitrogens with one attached hydrogen (secondary N) is 1. The Kier molecular flexibility index (Phi) is 7.17. The van der Waals surface area contributed by atoms with Gasteiger partial charge in [-0.25, -0.2) is 0 Å². The molecule has 130 valence electrons. The minimum Gasteiger partial charge on any atom is -0.419 e. The topological polar surface area (TPSA) is 54.2 Å². The summed E-state index contributed by atoms with van der Waals surface area (Å²) in [5.74, 6) is 1.06. The number of halogens is 1. The molecule has 0 radical (unpaired) electrons. The van der Waals surface area contributed by atoms with E-state index in [1.807, 2.05) is 24.3 Å². The SMILES string of the molecule is CCCCNC(=S)N(Cc1nnc(-c2ccccc2Br)o1)C(C)C. The first-order valence-corrected chi connectivity index (χ1v) is 9.34. The van der Waals surface area contributed by atoms with Crippen molar-refractivity contribution >= 4 is 33.3 Å². The van der Waals surface area contributed by atoms with Gasteiger partial charge in [0.25, 0.3) is 0 Å². The van der Waals surface area contributed by atoms with E-state index in [0.29, 0.717) is 18.3 Å². The summed E-state index contributed by atoms with van der Waals surface area (Å²) >= 11 is 9.01. The zero-order valence-corrected chi connectivity index (χ0v) is 16.7. The van der Waals surface area contributed by atoms with Gasteiger partial charge in [-0.1, -0.05) is 25.5 Å². The molecule has 1 aromatic carbocycles. The average Bonchev–Trinajstić information content (AvgIpc) is 3.01. The monoisotopic (exact) mass is 410 g/mol. The second kappa shape index (κ2) is 9.13. The molecule has 2 rings (SSSR count). The largest absolute Gasteiger partial charge is 0.419 e. The van der Waals surface area contributed by atoms with Crippen LogP contribution in [0, 0.1) is 0 Å². The molecule has 0 atom stereocenters.